The van der Waals surface area contributed by atoms with Crippen molar-refractivity contribution in [1.29, 1.82) is 0 Å². The molecule has 0 radical (unpaired) electrons. The van der Waals surface area contributed by atoms with Crippen LogP contribution < -0.4 is 5.32 Å². The molecule has 3 aromatic rings. The van der Waals surface area contributed by atoms with E-state index in [9.17, 15) is 9.59 Å². The Bertz CT molecular complexity index is 1110. The summed E-state index contributed by atoms with van der Waals surface area (Å²) in [5.41, 5.74) is 3.48. The molecule has 1 aromatic heterocycles. The Balaban J connectivity index is 1.56. The summed E-state index contributed by atoms with van der Waals surface area (Å²) >= 11 is 3.43. The Hall–Kier alpha value is -2.93. The van der Waals surface area contributed by atoms with Gasteiger partial charge in [-0.2, -0.15) is 5.10 Å². The first kappa shape index (κ1) is 19.4. The first-order valence-corrected chi connectivity index (χ1v) is 10.1. The lowest BCUT2D eigenvalue weighted by molar-refractivity contribution is -0.131. The quantitative estimate of drug-likeness (QED) is 0.602. The maximum atomic E-state index is 13.1. The Kier molecular flexibility index (Phi) is 4.78. The zero-order valence-corrected chi connectivity index (χ0v) is 18.0. The maximum absolute atomic E-state index is 13.1. The summed E-state index contributed by atoms with van der Waals surface area (Å²) < 4.78 is 2.73. The second kappa shape index (κ2) is 7.15. The van der Waals surface area contributed by atoms with Crippen molar-refractivity contribution in [2.75, 3.05) is 0 Å². The van der Waals surface area contributed by atoms with Crippen LogP contribution in [0.4, 0.5) is 4.79 Å². The largest absolute Gasteiger partial charge is 0.325 e. The molecule has 2 heterocycles. The van der Waals surface area contributed by atoms with Crippen LogP contribution in [0.1, 0.15) is 29.4 Å². The second-order valence-corrected chi connectivity index (χ2v) is 8.38. The molecule has 0 aliphatic carbocycles. The highest BCUT2D eigenvalue weighted by atomic mass is 79.9. The summed E-state index contributed by atoms with van der Waals surface area (Å²) in [4.78, 5) is 26.9. The van der Waals surface area contributed by atoms with Crippen LogP contribution in [0.5, 0.6) is 0 Å². The molecule has 4 rings (SSSR count). The molecule has 1 fully saturated rings. The second-order valence-electron chi connectivity index (χ2n) is 7.46. The number of nitrogens with zero attached hydrogens (tertiary/aromatic N) is 3. The fourth-order valence-electron chi connectivity index (χ4n) is 3.65. The van der Waals surface area contributed by atoms with Crippen molar-refractivity contribution >= 4 is 27.9 Å². The van der Waals surface area contributed by atoms with Gasteiger partial charge in [-0.3, -0.25) is 9.69 Å². The van der Waals surface area contributed by atoms with Gasteiger partial charge in [-0.05, 0) is 62.2 Å². The molecule has 0 unspecified atom stereocenters. The van der Waals surface area contributed by atoms with Crippen LogP contribution in [0.2, 0.25) is 0 Å². The number of amides is 3. The smallest absolute Gasteiger partial charge is 0.319 e. The SMILES string of the molecule is Cc1cc(C)n(-c2ccc(CN3C(=O)N[C@](C)(c4cccc(Br)c4)C3=O)cc2)n1. The Morgan fingerprint density at radius 2 is 1.79 bits per heavy atom. The van der Waals surface area contributed by atoms with E-state index in [-0.39, 0.29) is 18.5 Å². The van der Waals surface area contributed by atoms with Crippen LogP contribution in [0.25, 0.3) is 5.69 Å². The third-order valence-electron chi connectivity index (χ3n) is 5.21. The number of imide groups is 1. The van der Waals surface area contributed by atoms with Crippen LogP contribution in [0.15, 0.2) is 59.1 Å². The Morgan fingerprint density at radius 3 is 2.41 bits per heavy atom. The number of rotatable bonds is 4. The summed E-state index contributed by atoms with van der Waals surface area (Å²) in [7, 11) is 0. The number of hydrogen-bond donors (Lipinski definition) is 1. The van der Waals surface area contributed by atoms with E-state index in [0.29, 0.717) is 0 Å². The molecule has 1 aliphatic rings. The minimum absolute atomic E-state index is 0.214. The number of urea groups is 1. The molecule has 2 aromatic carbocycles. The molecule has 1 atom stereocenters. The van der Waals surface area contributed by atoms with E-state index in [1.807, 2.05) is 73.1 Å². The zero-order chi connectivity index (χ0) is 20.8. The van der Waals surface area contributed by atoms with Crippen LogP contribution in [0, 0.1) is 13.8 Å². The summed E-state index contributed by atoms with van der Waals surface area (Å²) in [5, 5.41) is 7.33. The van der Waals surface area contributed by atoms with Crippen LogP contribution in [-0.4, -0.2) is 26.6 Å². The summed E-state index contributed by atoms with van der Waals surface area (Å²) in [6, 6.07) is 16.8. The average Bonchev–Trinajstić information content (AvgIpc) is 3.13. The van der Waals surface area contributed by atoms with Crippen LogP contribution in [-0.2, 0) is 16.9 Å². The van der Waals surface area contributed by atoms with Crippen molar-refractivity contribution in [3.8, 4) is 5.69 Å². The van der Waals surface area contributed by atoms with Gasteiger partial charge in [0.1, 0.15) is 5.54 Å². The molecule has 6 nitrogen and oxygen atoms in total. The molecule has 148 valence electrons. The van der Waals surface area contributed by atoms with Gasteiger partial charge in [0.05, 0.1) is 17.9 Å². The number of nitrogens with one attached hydrogen (secondary N) is 1. The molecule has 0 bridgehead atoms. The van der Waals surface area contributed by atoms with E-state index in [0.717, 1.165) is 32.7 Å². The molecular formula is C22H21BrN4O2. The molecule has 3 amide bonds. The summed E-state index contributed by atoms with van der Waals surface area (Å²) in [6.45, 7) is 5.91. The molecule has 1 N–H and O–H groups in total. The summed E-state index contributed by atoms with van der Waals surface area (Å²) in [6.07, 6.45) is 0. The standard InChI is InChI=1S/C22H21BrN4O2/c1-14-11-15(2)27(25-14)19-9-7-16(8-10-19)13-26-20(28)22(3,24-21(26)29)17-5-4-6-18(23)12-17/h4-12H,13H2,1-3H3,(H,24,29)/t22-/m1/s1. The fourth-order valence-corrected chi connectivity index (χ4v) is 4.05. The van der Waals surface area contributed by atoms with Crippen molar-refractivity contribution in [3.63, 3.8) is 0 Å². The van der Waals surface area contributed by atoms with Gasteiger partial charge in [-0.1, -0.05) is 40.2 Å². The Labute approximate surface area is 177 Å². The number of carbonyl (C=O) groups is 2. The lowest BCUT2D eigenvalue weighted by Gasteiger charge is -2.22. The normalized spacial score (nSPS) is 19.0. The molecule has 0 saturated carbocycles. The van der Waals surface area contributed by atoms with E-state index in [1.165, 1.54) is 4.90 Å². The molecule has 29 heavy (non-hydrogen) atoms. The predicted octanol–water partition coefficient (Wildman–Crippen LogP) is 4.22. The third kappa shape index (κ3) is 3.46. The number of aromatic nitrogens is 2. The predicted molar refractivity (Wildman–Crippen MR) is 114 cm³/mol. The van der Waals surface area contributed by atoms with Gasteiger partial charge < -0.3 is 5.32 Å². The minimum Gasteiger partial charge on any atom is -0.319 e. The molecule has 7 heteroatoms. The fraction of sp³-hybridized carbons (Fsp3) is 0.227. The van der Waals surface area contributed by atoms with E-state index in [4.69, 9.17) is 0 Å². The number of halogens is 1. The summed E-state index contributed by atoms with van der Waals surface area (Å²) in [5.74, 6) is -0.261. The van der Waals surface area contributed by atoms with Gasteiger partial charge in [-0.25, -0.2) is 9.48 Å². The van der Waals surface area contributed by atoms with Gasteiger partial charge >= 0.3 is 6.03 Å². The van der Waals surface area contributed by atoms with Crippen molar-refractivity contribution in [3.05, 3.63) is 81.6 Å². The molecule has 1 aliphatic heterocycles. The van der Waals surface area contributed by atoms with E-state index in [1.54, 1.807) is 6.92 Å². The van der Waals surface area contributed by atoms with Gasteiger partial charge in [0.25, 0.3) is 5.91 Å². The maximum Gasteiger partial charge on any atom is 0.325 e. The average molecular weight is 453 g/mol. The monoisotopic (exact) mass is 452 g/mol. The Morgan fingerprint density at radius 1 is 1.07 bits per heavy atom. The lowest BCUT2D eigenvalue weighted by Crippen LogP contribution is -2.40. The van der Waals surface area contributed by atoms with Crippen molar-refractivity contribution in [2.45, 2.75) is 32.9 Å². The van der Waals surface area contributed by atoms with Crippen LogP contribution >= 0.6 is 15.9 Å². The first-order valence-electron chi connectivity index (χ1n) is 9.31. The number of hydrogen-bond acceptors (Lipinski definition) is 3. The highest BCUT2D eigenvalue weighted by molar-refractivity contribution is 9.10. The third-order valence-corrected chi connectivity index (χ3v) is 5.70. The topological polar surface area (TPSA) is 67.2 Å². The highest BCUT2D eigenvalue weighted by Crippen LogP contribution is 2.31. The van der Waals surface area contributed by atoms with Gasteiger partial charge in [-0.15, -0.1) is 0 Å². The van der Waals surface area contributed by atoms with Gasteiger partial charge in [0.15, 0.2) is 0 Å². The lowest BCUT2D eigenvalue weighted by atomic mass is 9.92. The zero-order valence-electron chi connectivity index (χ0n) is 16.4. The molecule has 0 spiro atoms. The van der Waals surface area contributed by atoms with Crippen LogP contribution in [0.3, 0.4) is 0 Å². The van der Waals surface area contributed by atoms with Gasteiger partial charge in [0.2, 0.25) is 0 Å². The van der Waals surface area contributed by atoms with Crippen molar-refractivity contribution in [2.24, 2.45) is 0 Å². The number of benzene rings is 2. The van der Waals surface area contributed by atoms with E-state index < -0.39 is 5.54 Å². The highest BCUT2D eigenvalue weighted by Gasteiger charge is 2.48. The molecule has 1 saturated heterocycles. The van der Waals surface area contributed by atoms with E-state index in [2.05, 4.69) is 26.3 Å². The van der Waals surface area contributed by atoms with E-state index >= 15 is 0 Å². The van der Waals surface area contributed by atoms with Crippen molar-refractivity contribution < 1.29 is 9.59 Å². The molecular weight excluding hydrogens is 432 g/mol. The minimum atomic E-state index is -1.08. The number of aryl methyl sites for hydroxylation is 2. The first-order chi connectivity index (χ1) is 13.8. The van der Waals surface area contributed by atoms with Gasteiger partial charge in [0, 0.05) is 10.2 Å². The van der Waals surface area contributed by atoms with Crippen molar-refractivity contribution in [1.82, 2.24) is 20.0 Å². The number of carbonyl (C=O) groups excluding carboxylic acids is 2.